The molecule has 1 aliphatic rings. The van der Waals surface area contributed by atoms with E-state index in [1.807, 2.05) is 5.48 Å². The molecule has 3 aromatic rings. The second-order valence-corrected chi connectivity index (χ2v) is 10.6. The van der Waals surface area contributed by atoms with Crippen LogP contribution < -0.4 is 20.8 Å². The third kappa shape index (κ3) is 6.45. The van der Waals surface area contributed by atoms with Gasteiger partial charge in [0.2, 0.25) is 5.95 Å². The molecule has 17 heteroatoms. The van der Waals surface area contributed by atoms with E-state index in [1.54, 1.807) is 44.2 Å². The highest BCUT2D eigenvalue weighted by Gasteiger charge is 2.46. The fraction of sp³-hybridized carbons (Fsp3) is 0.455. The Morgan fingerprint density at radius 1 is 1.21 bits per heavy atom. The monoisotopic (exact) mass is 567 g/mol. The van der Waals surface area contributed by atoms with Crippen molar-refractivity contribution in [2.24, 2.45) is 0 Å². The van der Waals surface area contributed by atoms with Gasteiger partial charge in [-0.1, -0.05) is 18.2 Å². The van der Waals surface area contributed by atoms with Gasteiger partial charge in [-0.25, -0.2) is 9.55 Å². The van der Waals surface area contributed by atoms with Crippen LogP contribution in [0.4, 0.5) is 11.8 Å². The maximum Gasteiger partial charge on any atom is 0.459 e. The number of carbonyl (C=O) groups is 1. The molecule has 212 valence electrons. The molecule has 0 spiro atoms. The molecule has 0 aliphatic carbocycles. The lowest BCUT2D eigenvalue weighted by Crippen LogP contribution is -2.38. The third-order valence-corrected chi connectivity index (χ3v) is 7.23. The Labute approximate surface area is 222 Å². The fourth-order valence-corrected chi connectivity index (χ4v) is 5.30. The topological polar surface area (TPSA) is 225 Å². The highest BCUT2D eigenvalue weighted by Crippen LogP contribution is 2.46. The van der Waals surface area contributed by atoms with Gasteiger partial charge in [-0.15, -0.1) is 0 Å². The van der Waals surface area contributed by atoms with Gasteiger partial charge < -0.3 is 29.9 Å². The summed E-state index contributed by atoms with van der Waals surface area (Å²) in [5.41, 5.74) is 7.79. The molecule has 39 heavy (non-hydrogen) atoms. The normalized spacial score (nSPS) is 23.5. The molecule has 0 amide bonds. The molecule has 1 fully saturated rings. The molecule has 0 saturated carbocycles. The zero-order valence-electron chi connectivity index (χ0n) is 21.2. The number of aliphatic hydroxyl groups is 2. The lowest BCUT2D eigenvalue weighted by Gasteiger charge is -2.25. The second kappa shape index (κ2) is 11.8. The molecule has 2 aromatic heterocycles. The summed E-state index contributed by atoms with van der Waals surface area (Å²) < 4.78 is 37.1. The lowest BCUT2D eigenvalue weighted by molar-refractivity contribution is -0.149. The minimum Gasteiger partial charge on any atom is -0.462 e. The summed E-state index contributed by atoms with van der Waals surface area (Å²) in [6, 6.07) is 7.06. The van der Waals surface area contributed by atoms with Crippen molar-refractivity contribution in [1.82, 2.24) is 24.6 Å². The van der Waals surface area contributed by atoms with Crippen LogP contribution >= 0.6 is 7.75 Å². The van der Waals surface area contributed by atoms with Crippen LogP contribution in [0.3, 0.4) is 0 Å². The van der Waals surface area contributed by atoms with E-state index in [9.17, 15) is 24.8 Å². The number of aliphatic hydroxyl groups excluding tert-OH is 2. The standard InChI is InChI=1S/C22H30N7O9P/c1-11(2)36-21(32)12(3)28-39(34,38-13-7-5-4-6-8-13)35-9-14-16(30)17(31)20(37-14)29-10-24-15-18(27-33)25-22(23)26-19(15)29/h4-8,10-12,14,16-17,20,30-31,33H,9H2,1-3H3,(H,28,34)(H3,23,25,26,27)/t12-,14+,16+,17+,20+,39?/m0/s1. The molecule has 7 N–H and O–H groups in total. The Bertz CT molecular complexity index is 1340. The van der Waals surface area contributed by atoms with Crippen LogP contribution in [0.15, 0.2) is 36.7 Å². The summed E-state index contributed by atoms with van der Waals surface area (Å²) in [5.74, 6) is -0.745. The van der Waals surface area contributed by atoms with Gasteiger partial charge in [0.05, 0.1) is 19.0 Å². The van der Waals surface area contributed by atoms with Gasteiger partial charge in [0.15, 0.2) is 23.2 Å². The van der Waals surface area contributed by atoms with Crippen molar-refractivity contribution in [3.05, 3.63) is 36.7 Å². The van der Waals surface area contributed by atoms with Gasteiger partial charge >= 0.3 is 13.7 Å². The van der Waals surface area contributed by atoms with Gasteiger partial charge in [-0.05, 0) is 32.9 Å². The summed E-state index contributed by atoms with van der Waals surface area (Å²) in [5, 5.41) is 33.3. The summed E-state index contributed by atoms with van der Waals surface area (Å²) >= 11 is 0. The predicted molar refractivity (Wildman–Crippen MR) is 136 cm³/mol. The number of hydrogen-bond acceptors (Lipinski definition) is 14. The highest BCUT2D eigenvalue weighted by atomic mass is 31.2. The Balaban J connectivity index is 1.52. The van der Waals surface area contributed by atoms with E-state index in [2.05, 4.69) is 20.0 Å². The van der Waals surface area contributed by atoms with Crippen molar-refractivity contribution in [3.8, 4) is 5.75 Å². The highest BCUT2D eigenvalue weighted by molar-refractivity contribution is 7.52. The summed E-state index contributed by atoms with van der Waals surface area (Å²) in [6.45, 7) is 4.27. The molecule has 0 radical (unpaired) electrons. The quantitative estimate of drug-likeness (QED) is 0.108. The van der Waals surface area contributed by atoms with Crippen molar-refractivity contribution in [2.45, 2.75) is 57.5 Å². The number of anilines is 2. The van der Waals surface area contributed by atoms with Crippen LogP contribution in [0.2, 0.25) is 0 Å². The van der Waals surface area contributed by atoms with E-state index < -0.39 is 57.0 Å². The number of ether oxygens (including phenoxy) is 2. The number of fused-ring (bicyclic) bond motifs is 1. The van der Waals surface area contributed by atoms with E-state index >= 15 is 0 Å². The first-order valence-corrected chi connectivity index (χ1v) is 13.4. The molecule has 1 unspecified atom stereocenters. The van der Waals surface area contributed by atoms with Crippen LogP contribution in [0, 0.1) is 0 Å². The molecule has 6 atom stereocenters. The number of aromatic nitrogens is 4. The summed E-state index contributed by atoms with van der Waals surface area (Å²) in [7, 11) is -4.25. The number of esters is 1. The van der Waals surface area contributed by atoms with Crippen LogP contribution in [-0.4, -0.2) is 78.0 Å². The fourth-order valence-electron chi connectivity index (χ4n) is 3.80. The molecule has 1 aromatic carbocycles. The van der Waals surface area contributed by atoms with E-state index in [0.29, 0.717) is 0 Å². The largest absolute Gasteiger partial charge is 0.462 e. The van der Waals surface area contributed by atoms with Gasteiger partial charge in [-0.3, -0.25) is 24.6 Å². The first-order chi connectivity index (χ1) is 18.5. The average molecular weight is 567 g/mol. The van der Waals surface area contributed by atoms with E-state index in [4.69, 9.17) is 24.3 Å². The number of para-hydroxylation sites is 1. The van der Waals surface area contributed by atoms with Gasteiger partial charge in [0, 0.05) is 0 Å². The van der Waals surface area contributed by atoms with Crippen molar-refractivity contribution in [1.29, 1.82) is 0 Å². The number of rotatable bonds is 11. The van der Waals surface area contributed by atoms with Gasteiger partial charge in [0.1, 0.15) is 30.1 Å². The SMILES string of the molecule is CC(C)OC(=O)[C@H](C)NP(=O)(OC[C@H]1O[C@@H](n2cnc3c(NO)nc(N)nc32)[C@H](O)[C@@H]1O)Oc1ccccc1. The predicted octanol–water partition coefficient (Wildman–Crippen LogP) is 0.962. The summed E-state index contributed by atoms with van der Waals surface area (Å²) in [4.78, 5) is 24.3. The average Bonchev–Trinajstić information content (AvgIpc) is 3.42. The molecule has 3 heterocycles. The number of nitrogens with two attached hydrogens (primary N) is 1. The zero-order valence-corrected chi connectivity index (χ0v) is 22.1. The maximum atomic E-state index is 13.7. The molecular weight excluding hydrogens is 537 g/mol. The smallest absolute Gasteiger partial charge is 0.459 e. The Morgan fingerprint density at radius 2 is 1.92 bits per heavy atom. The first kappa shape index (κ1) is 28.6. The number of nitrogens with one attached hydrogen (secondary N) is 2. The number of hydrogen-bond donors (Lipinski definition) is 6. The van der Waals surface area contributed by atoms with Crippen LogP contribution in [-0.2, 0) is 23.4 Å². The minimum atomic E-state index is -4.25. The van der Waals surface area contributed by atoms with E-state index in [0.717, 1.165) is 0 Å². The van der Waals surface area contributed by atoms with Crippen LogP contribution in [0.1, 0.15) is 27.0 Å². The summed E-state index contributed by atoms with van der Waals surface area (Å²) in [6.07, 6.45) is -4.51. The number of carbonyl (C=O) groups excluding carboxylic acids is 1. The number of benzene rings is 1. The zero-order chi connectivity index (χ0) is 28.3. The van der Waals surface area contributed by atoms with Crippen molar-refractivity contribution in [2.75, 3.05) is 17.8 Å². The van der Waals surface area contributed by atoms with Crippen molar-refractivity contribution in [3.63, 3.8) is 0 Å². The third-order valence-electron chi connectivity index (χ3n) is 5.59. The minimum absolute atomic E-state index is 0.0700. The Morgan fingerprint density at radius 3 is 2.59 bits per heavy atom. The van der Waals surface area contributed by atoms with Gasteiger partial charge in [0.25, 0.3) is 0 Å². The van der Waals surface area contributed by atoms with E-state index in [-0.39, 0.29) is 28.7 Å². The molecule has 0 bridgehead atoms. The number of imidazole rings is 1. The molecule has 1 aliphatic heterocycles. The molecular formula is C22H30N7O9P. The maximum absolute atomic E-state index is 13.7. The molecule has 1 saturated heterocycles. The number of nitrogen functional groups attached to an aromatic ring is 1. The number of nitrogens with zero attached hydrogens (tertiary/aromatic N) is 4. The van der Waals surface area contributed by atoms with Crippen LogP contribution in [0.5, 0.6) is 5.75 Å². The molecule has 4 rings (SSSR count). The second-order valence-electron chi connectivity index (χ2n) is 8.95. The van der Waals surface area contributed by atoms with Crippen LogP contribution in [0.25, 0.3) is 11.2 Å². The molecule has 16 nitrogen and oxygen atoms in total. The lowest BCUT2D eigenvalue weighted by atomic mass is 10.1. The first-order valence-electron chi connectivity index (χ1n) is 11.9. The Hall–Kier alpha value is -3.37. The van der Waals surface area contributed by atoms with Gasteiger partial charge in [-0.2, -0.15) is 15.1 Å². The van der Waals surface area contributed by atoms with E-state index in [1.165, 1.54) is 17.8 Å². The van der Waals surface area contributed by atoms with Crippen molar-refractivity contribution >= 4 is 36.6 Å². The van der Waals surface area contributed by atoms with Crippen molar-refractivity contribution < 1.29 is 43.3 Å². The Kier molecular flexibility index (Phi) is 8.66.